The maximum absolute atomic E-state index is 12.9. The van der Waals surface area contributed by atoms with Gasteiger partial charge in [-0.3, -0.25) is 4.79 Å². The maximum atomic E-state index is 12.9. The zero-order valence-corrected chi connectivity index (χ0v) is 15.2. The molecule has 2 aromatic rings. The molecule has 4 rings (SSSR count). The average Bonchev–Trinajstić information content (AvgIpc) is 3.19. The molecule has 0 bridgehead atoms. The van der Waals surface area contributed by atoms with Gasteiger partial charge in [0, 0.05) is 42.0 Å². The first kappa shape index (κ1) is 17.4. The number of piperidine rings is 1. The molecule has 7 heteroatoms. The Hall–Kier alpha value is -2.02. The number of nitrogens with one attached hydrogen (secondary N) is 2. The number of carbonyl (C=O) groups excluding carboxylic acids is 1. The second-order valence-electron chi connectivity index (χ2n) is 6.91. The lowest BCUT2D eigenvalue weighted by Crippen LogP contribution is -2.48. The Morgan fingerprint density at radius 3 is 2.58 bits per heavy atom. The van der Waals surface area contributed by atoms with E-state index in [1.54, 1.807) is 12.5 Å². The van der Waals surface area contributed by atoms with Gasteiger partial charge in [-0.25, -0.2) is 20.8 Å². The molecule has 26 heavy (non-hydrogen) atoms. The van der Waals surface area contributed by atoms with Gasteiger partial charge in [-0.15, -0.1) is 0 Å². The van der Waals surface area contributed by atoms with Crippen LogP contribution in [0.15, 0.2) is 42.9 Å². The molecule has 2 saturated heterocycles. The number of rotatable bonds is 3. The van der Waals surface area contributed by atoms with Gasteiger partial charge in [0.2, 0.25) is 5.91 Å². The van der Waals surface area contributed by atoms with Crippen molar-refractivity contribution in [2.24, 2.45) is 0 Å². The van der Waals surface area contributed by atoms with Crippen molar-refractivity contribution in [2.75, 3.05) is 13.1 Å². The van der Waals surface area contributed by atoms with Crippen molar-refractivity contribution >= 4 is 17.5 Å². The fraction of sp³-hybridized carbons (Fsp3) is 0.421. The van der Waals surface area contributed by atoms with E-state index in [1.165, 1.54) is 0 Å². The summed E-state index contributed by atoms with van der Waals surface area (Å²) >= 11 is 5.95. The SMILES string of the molecule is O=C(C1CC(c2ccc(Cl)cc2)NN1)N1CCC(c2ccncn2)CC1. The Morgan fingerprint density at radius 1 is 1.12 bits per heavy atom. The minimum Gasteiger partial charge on any atom is -0.341 e. The third-order valence-electron chi connectivity index (χ3n) is 5.30. The second kappa shape index (κ2) is 7.70. The van der Waals surface area contributed by atoms with Crippen LogP contribution in [0, 0.1) is 0 Å². The van der Waals surface area contributed by atoms with E-state index in [-0.39, 0.29) is 18.0 Å². The van der Waals surface area contributed by atoms with Gasteiger partial charge in [0.25, 0.3) is 0 Å². The zero-order valence-electron chi connectivity index (χ0n) is 14.4. The maximum Gasteiger partial charge on any atom is 0.241 e. The van der Waals surface area contributed by atoms with Gasteiger partial charge in [-0.1, -0.05) is 23.7 Å². The highest BCUT2D eigenvalue weighted by Gasteiger charge is 2.34. The average molecular weight is 372 g/mol. The third-order valence-corrected chi connectivity index (χ3v) is 5.56. The van der Waals surface area contributed by atoms with Gasteiger partial charge in [-0.05, 0) is 43.0 Å². The van der Waals surface area contributed by atoms with Crippen LogP contribution in [0.4, 0.5) is 0 Å². The van der Waals surface area contributed by atoms with Crippen LogP contribution >= 0.6 is 11.6 Å². The molecule has 3 heterocycles. The summed E-state index contributed by atoms with van der Waals surface area (Å²) in [6, 6.07) is 9.67. The topological polar surface area (TPSA) is 70.2 Å². The minimum atomic E-state index is -0.189. The number of halogens is 1. The molecule has 2 fully saturated rings. The van der Waals surface area contributed by atoms with Crippen molar-refractivity contribution in [2.45, 2.75) is 37.3 Å². The first-order chi connectivity index (χ1) is 12.7. The van der Waals surface area contributed by atoms with E-state index in [0.29, 0.717) is 5.92 Å². The summed E-state index contributed by atoms with van der Waals surface area (Å²) in [7, 11) is 0. The first-order valence-corrected chi connectivity index (χ1v) is 9.40. The Labute approximate surface area is 157 Å². The van der Waals surface area contributed by atoms with Crippen molar-refractivity contribution in [1.82, 2.24) is 25.7 Å². The van der Waals surface area contributed by atoms with E-state index < -0.39 is 0 Å². The number of hydrogen-bond acceptors (Lipinski definition) is 5. The minimum absolute atomic E-state index is 0.125. The molecule has 1 aromatic carbocycles. The van der Waals surface area contributed by atoms with Gasteiger partial charge >= 0.3 is 0 Å². The van der Waals surface area contributed by atoms with Crippen LogP contribution in [-0.4, -0.2) is 39.9 Å². The Morgan fingerprint density at radius 2 is 1.88 bits per heavy atom. The predicted molar refractivity (Wildman–Crippen MR) is 99.5 cm³/mol. The molecule has 0 spiro atoms. The summed E-state index contributed by atoms with van der Waals surface area (Å²) in [5, 5.41) is 0.721. The largest absolute Gasteiger partial charge is 0.341 e. The summed E-state index contributed by atoms with van der Waals surface area (Å²) < 4.78 is 0. The molecule has 2 N–H and O–H groups in total. The summed E-state index contributed by atoms with van der Waals surface area (Å²) in [4.78, 5) is 23.2. The van der Waals surface area contributed by atoms with Crippen LogP contribution in [0.1, 0.15) is 42.5 Å². The van der Waals surface area contributed by atoms with Crippen LogP contribution < -0.4 is 10.9 Å². The van der Waals surface area contributed by atoms with Crippen molar-refractivity contribution in [3.05, 3.63) is 59.1 Å². The van der Waals surface area contributed by atoms with Gasteiger partial charge in [0.05, 0.1) is 0 Å². The quantitative estimate of drug-likeness (QED) is 0.867. The molecular weight excluding hydrogens is 350 g/mol. The first-order valence-electron chi connectivity index (χ1n) is 9.02. The van der Waals surface area contributed by atoms with Gasteiger partial charge in [0.15, 0.2) is 0 Å². The molecule has 136 valence electrons. The molecule has 6 nitrogen and oxygen atoms in total. The lowest BCUT2D eigenvalue weighted by molar-refractivity contribution is -0.134. The molecule has 1 amide bonds. The lowest BCUT2D eigenvalue weighted by atomic mass is 9.92. The molecule has 2 unspecified atom stereocenters. The van der Waals surface area contributed by atoms with Gasteiger partial charge in [0.1, 0.15) is 12.4 Å². The van der Waals surface area contributed by atoms with Crippen LogP contribution in [0.2, 0.25) is 5.02 Å². The number of likely N-dealkylation sites (tertiary alicyclic amines) is 1. The molecule has 0 radical (unpaired) electrons. The molecule has 2 aliphatic heterocycles. The van der Waals surface area contributed by atoms with E-state index in [0.717, 1.165) is 48.6 Å². The van der Waals surface area contributed by atoms with E-state index >= 15 is 0 Å². The monoisotopic (exact) mass is 371 g/mol. The van der Waals surface area contributed by atoms with E-state index in [4.69, 9.17) is 11.6 Å². The molecule has 2 aliphatic rings. The fourth-order valence-corrected chi connectivity index (χ4v) is 3.92. The van der Waals surface area contributed by atoms with Crippen LogP contribution in [0.5, 0.6) is 0 Å². The predicted octanol–water partition coefficient (Wildman–Crippen LogP) is 2.44. The van der Waals surface area contributed by atoms with E-state index in [2.05, 4.69) is 20.8 Å². The van der Waals surface area contributed by atoms with E-state index in [1.807, 2.05) is 35.2 Å². The van der Waals surface area contributed by atoms with Gasteiger partial charge < -0.3 is 4.90 Å². The number of amides is 1. The van der Waals surface area contributed by atoms with Crippen LogP contribution in [0.25, 0.3) is 0 Å². The molecule has 1 aromatic heterocycles. The summed E-state index contributed by atoms with van der Waals surface area (Å²) in [6.45, 7) is 1.55. The van der Waals surface area contributed by atoms with Crippen LogP contribution in [0.3, 0.4) is 0 Å². The summed E-state index contributed by atoms with van der Waals surface area (Å²) in [6.07, 6.45) is 6.02. The Balaban J connectivity index is 1.32. The van der Waals surface area contributed by atoms with Crippen LogP contribution in [-0.2, 0) is 4.79 Å². The number of hydrazine groups is 1. The normalized spacial score (nSPS) is 24.0. The molecule has 2 atom stereocenters. The standard InChI is InChI=1S/C19H22ClN5O/c20-15-3-1-13(2-4-15)17-11-18(24-23-17)19(26)25-9-6-14(7-10-25)16-5-8-21-12-22-16/h1-5,8,12,14,17-18,23-24H,6-7,9-11H2. The number of nitrogens with zero attached hydrogens (tertiary/aromatic N) is 3. The lowest BCUT2D eigenvalue weighted by Gasteiger charge is -2.33. The smallest absolute Gasteiger partial charge is 0.241 e. The molecule has 0 saturated carbocycles. The third kappa shape index (κ3) is 3.72. The Kier molecular flexibility index (Phi) is 5.15. The number of carbonyl (C=O) groups is 1. The van der Waals surface area contributed by atoms with Crippen molar-refractivity contribution < 1.29 is 4.79 Å². The summed E-state index contributed by atoms with van der Waals surface area (Å²) in [5.41, 5.74) is 8.62. The second-order valence-corrected chi connectivity index (χ2v) is 7.35. The fourth-order valence-electron chi connectivity index (χ4n) is 3.79. The Bertz CT molecular complexity index is 746. The highest BCUT2D eigenvalue weighted by molar-refractivity contribution is 6.30. The number of hydrogen-bond donors (Lipinski definition) is 2. The number of aromatic nitrogens is 2. The van der Waals surface area contributed by atoms with Crippen molar-refractivity contribution in [3.8, 4) is 0 Å². The molecule has 0 aliphatic carbocycles. The number of benzene rings is 1. The van der Waals surface area contributed by atoms with Gasteiger partial charge in [-0.2, -0.15) is 0 Å². The highest BCUT2D eigenvalue weighted by Crippen LogP contribution is 2.28. The summed E-state index contributed by atoms with van der Waals surface area (Å²) in [5.74, 6) is 0.591. The van der Waals surface area contributed by atoms with Crippen molar-refractivity contribution in [3.63, 3.8) is 0 Å². The van der Waals surface area contributed by atoms with E-state index in [9.17, 15) is 4.79 Å². The molecular formula is C19H22ClN5O. The van der Waals surface area contributed by atoms with Crippen molar-refractivity contribution in [1.29, 1.82) is 0 Å². The highest BCUT2D eigenvalue weighted by atomic mass is 35.5. The zero-order chi connectivity index (χ0) is 17.9.